The van der Waals surface area contributed by atoms with E-state index in [1.807, 2.05) is 6.07 Å². The monoisotopic (exact) mass is 305 g/mol. The average Bonchev–Trinajstić information content (AvgIpc) is 3.06. The van der Waals surface area contributed by atoms with Crippen LogP contribution in [0.2, 0.25) is 0 Å². The number of hydrogen-bond acceptors (Lipinski definition) is 4. The van der Waals surface area contributed by atoms with Gasteiger partial charge in [-0.15, -0.1) is 0 Å². The summed E-state index contributed by atoms with van der Waals surface area (Å²) in [6.45, 7) is 1.56. The van der Waals surface area contributed by atoms with Crippen LogP contribution in [-0.4, -0.2) is 24.0 Å². The molecule has 1 aromatic rings. The first-order valence-electron chi connectivity index (χ1n) is 6.92. The number of furan rings is 1. The predicted molar refractivity (Wildman–Crippen MR) is 75.7 cm³/mol. The standard InChI is InChI=1S/C14H21F2NO2S/c15-13(16)20-8-12-4-3-11(19-12)7-17-9-14(10-18)5-1-2-6-14/h3-4,13,17-18H,1-2,5-10H2. The molecular formula is C14H21F2NO2S. The lowest BCUT2D eigenvalue weighted by atomic mass is 9.87. The molecule has 1 saturated carbocycles. The van der Waals surface area contributed by atoms with Gasteiger partial charge < -0.3 is 14.8 Å². The minimum Gasteiger partial charge on any atom is -0.464 e. The zero-order valence-corrected chi connectivity index (χ0v) is 12.2. The summed E-state index contributed by atoms with van der Waals surface area (Å²) in [6, 6.07) is 3.55. The fourth-order valence-electron chi connectivity index (χ4n) is 2.71. The van der Waals surface area contributed by atoms with E-state index in [-0.39, 0.29) is 17.8 Å². The van der Waals surface area contributed by atoms with Crippen molar-refractivity contribution in [3.63, 3.8) is 0 Å². The number of thioether (sulfide) groups is 1. The maximum Gasteiger partial charge on any atom is 0.284 e. The van der Waals surface area contributed by atoms with E-state index in [4.69, 9.17) is 4.42 Å². The topological polar surface area (TPSA) is 45.4 Å². The van der Waals surface area contributed by atoms with Crippen LogP contribution in [0.3, 0.4) is 0 Å². The van der Waals surface area contributed by atoms with Crippen LogP contribution in [0.15, 0.2) is 16.5 Å². The molecule has 6 heteroatoms. The molecule has 0 aromatic carbocycles. The molecule has 0 amide bonds. The quantitative estimate of drug-likeness (QED) is 0.773. The smallest absolute Gasteiger partial charge is 0.284 e. The number of aliphatic hydroxyl groups excluding tert-OH is 1. The van der Waals surface area contributed by atoms with Crippen molar-refractivity contribution in [2.24, 2.45) is 5.41 Å². The zero-order chi connectivity index (χ0) is 14.4. The number of nitrogens with one attached hydrogen (secondary N) is 1. The van der Waals surface area contributed by atoms with Gasteiger partial charge in [0.05, 0.1) is 12.3 Å². The maximum absolute atomic E-state index is 12.1. The number of halogens is 2. The Bertz CT molecular complexity index is 406. The molecule has 0 spiro atoms. The minimum atomic E-state index is -2.37. The van der Waals surface area contributed by atoms with E-state index < -0.39 is 5.76 Å². The molecule has 114 valence electrons. The Morgan fingerprint density at radius 2 is 2.00 bits per heavy atom. The van der Waals surface area contributed by atoms with Crippen LogP contribution in [0.1, 0.15) is 37.2 Å². The lowest BCUT2D eigenvalue weighted by molar-refractivity contribution is 0.127. The Labute approximate surface area is 122 Å². The van der Waals surface area contributed by atoms with Crippen LogP contribution >= 0.6 is 11.8 Å². The van der Waals surface area contributed by atoms with Crippen molar-refractivity contribution in [3.05, 3.63) is 23.7 Å². The highest BCUT2D eigenvalue weighted by atomic mass is 32.2. The SMILES string of the molecule is OCC1(CNCc2ccc(CSC(F)F)o2)CCCC1. The minimum absolute atomic E-state index is 0.0148. The maximum atomic E-state index is 12.1. The number of aliphatic hydroxyl groups is 1. The Balaban J connectivity index is 1.74. The third kappa shape index (κ3) is 4.46. The zero-order valence-electron chi connectivity index (χ0n) is 11.4. The first-order valence-corrected chi connectivity index (χ1v) is 7.97. The summed E-state index contributed by atoms with van der Waals surface area (Å²) in [6.07, 6.45) is 4.48. The second-order valence-corrected chi connectivity index (χ2v) is 6.39. The van der Waals surface area contributed by atoms with E-state index in [0.717, 1.165) is 25.1 Å². The molecule has 2 rings (SSSR count). The summed E-state index contributed by atoms with van der Waals surface area (Å²) < 4.78 is 29.6. The van der Waals surface area contributed by atoms with Gasteiger partial charge in [0.1, 0.15) is 11.5 Å². The number of hydrogen-bond donors (Lipinski definition) is 2. The van der Waals surface area contributed by atoms with Crippen LogP contribution in [-0.2, 0) is 12.3 Å². The summed E-state index contributed by atoms with van der Waals surface area (Å²) in [5.41, 5.74) is 0.0148. The normalized spacial score (nSPS) is 18.0. The summed E-state index contributed by atoms with van der Waals surface area (Å²) in [7, 11) is 0. The Morgan fingerprint density at radius 1 is 1.30 bits per heavy atom. The van der Waals surface area contributed by atoms with Gasteiger partial charge in [-0.3, -0.25) is 0 Å². The van der Waals surface area contributed by atoms with Gasteiger partial charge in [0.2, 0.25) is 0 Å². The Morgan fingerprint density at radius 3 is 2.65 bits per heavy atom. The second kappa shape index (κ2) is 7.43. The molecule has 0 radical (unpaired) electrons. The van der Waals surface area contributed by atoms with E-state index in [9.17, 15) is 13.9 Å². The van der Waals surface area contributed by atoms with Crippen LogP contribution in [0.4, 0.5) is 8.78 Å². The van der Waals surface area contributed by atoms with E-state index >= 15 is 0 Å². The summed E-state index contributed by atoms with van der Waals surface area (Å²) >= 11 is 0.564. The highest BCUT2D eigenvalue weighted by Crippen LogP contribution is 2.36. The molecule has 2 N–H and O–H groups in total. The van der Waals surface area contributed by atoms with Crippen LogP contribution in [0, 0.1) is 5.41 Å². The van der Waals surface area contributed by atoms with Crippen LogP contribution in [0.25, 0.3) is 0 Å². The molecule has 0 aliphatic heterocycles. The van der Waals surface area contributed by atoms with Gasteiger partial charge in [-0.1, -0.05) is 24.6 Å². The molecule has 0 bridgehead atoms. The van der Waals surface area contributed by atoms with E-state index in [2.05, 4.69) is 5.32 Å². The predicted octanol–water partition coefficient (Wildman–Crippen LogP) is 3.38. The van der Waals surface area contributed by atoms with E-state index in [1.165, 1.54) is 12.8 Å². The molecule has 1 heterocycles. The molecule has 0 saturated heterocycles. The van der Waals surface area contributed by atoms with Crippen molar-refractivity contribution in [2.75, 3.05) is 13.2 Å². The summed E-state index contributed by atoms with van der Waals surface area (Å²) in [4.78, 5) is 0. The van der Waals surface area contributed by atoms with Gasteiger partial charge in [0.25, 0.3) is 5.76 Å². The fourth-order valence-corrected chi connectivity index (χ4v) is 3.15. The third-order valence-electron chi connectivity index (χ3n) is 3.87. The number of alkyl halides is 2. The highest BCUT2D eigenvalue weighted by molar-refractivity contribution is 7.98. The van der Waals surface area contributed by atoms with Crippen molar-refractivity contribution in [1.29, 1.82) is 0 Å². The van der Waals surface area contributed by atoms with E-state index in [1.54, 1.807) is 6.07 Å². The third-order valence-corrected chi connectivity index (χ3v) is 4.57. The van der Waals surface area contributed by atoms with Gasteiger partial charge >= 0.3 is 0 Å². The second-order valence-electron chi connectivity index (χ2n) is 5.41. The van der Waals surface area contributed by atoms with Crippen molar-refractivity contribution in [3.8, 4) is 0 Å². The molecule has 1 aliphatic carbocycles. The number of rotatable bonds is 8. The van der Waals surface area contributed by atoms with Crippen LogP contribution < -0.4 is 5.32 Å². The highest BCUT2D eigenvalue weighted by Gasteiger charge is 2.32. The lowest BCUT2D eigenvalue weighted by Crippen LogP contribution is -2.34. The molecule has 20 heavy (non-hydrogen) atoms. The summed E-state index contributed by atoms with van der Waals surface area (Å²) in [5.74, 6) is -0.850. The molecule has 0 atom stereocenters. The molecule has 3 nitrogen and oxygen atoms in total. The van der Waals surface area contributed by atoms with Crippen molar-refractivity contribution < 1.29 is 18.3 Å². The largest absolute Gasteiger partial charge is 0.464 e. The molecule has 1 aliphatic rings. The lowest BCUT2D eigenvalue weighted by Gasteiger charge is -2.26. The first kappa shape index (κ1) is 15.8. The first-order chi connectivity index (χ1) is 9.63. The van der Waals surface area contributed by atoms with Gasteiger partial charge in [-0.25, -0.2) is 0 Å². The van der Waals surface area contributed by atoms with Crippen molar-refractivity contribution in [1.82, 2.24) is 5.32 Å². The van der Waals surface area contributed by atoms with Crippen LogP contribution in [0.5, 0.6) is 0 Å². The molecule has 0 unspecified atom stereocenters. The average molecular weight is 305 g/mol. The molecule has 1 fully saturated rings. The fraction of sp³-hybridized carbons (Fsp3) is 0.714. The Hall–Kier alpha value is -0.590. The van der Waals surface area contributed by atoms with Gasteiger partial charge in [0, 0.05) is 18.6 Å². The summed E-state index contributed by atoms with van der Waals surface area (Å²) in [5, 5.41) is 12.8. The van der Waals surface area contributed by atoms with Gasteiger partial charge in [-0.2, -0.15) is 8.78 Å². The van der Waals surface area contributed by atoms with Crippen molar-refractivity contribution in [2.45, 2.75) is 43.7 Å². The van der Waals surface area contributed by atoms with Gasteiger partial charge in [0.15, 0.2) is 0 Å². The molecular weight excluding hydrogens is 284 g/mol. The van der Waals surface area contributed by atoms with Gasteiger partial charge in [-0.05, 0) is 25.0 Å². The molecule has 1 aromatic heterocycles. The van der Waals surface area contributed by atoms with Crippen molar-refractivity contribution >= 4 is 11.8 Å². The Kier molecular flexibility index (Phi) is 5.86. The van der Waals surface area contributed by atoms with E-state index in [0.29, 0.717) is 24.1 Å².